The molecular weight excluding hydrogens is 238 g/mol. The second-order valence-corrected chi connectivity index (χ2v) is 4.88. The van der Waals surface area contributed by atoms with Gasteiger partial charge >= 0.3 is 0 Å². The Kier molecular flexibility index (Phi) is 3.49. The number of methoxy groups -OCH3 is 1. The molecule has 1 aromatic rings. The molecule has 0 saturated carbocycles. The van der Waals surface area contributed by atoms with E-state index >= 15 is 0 Å². The smallest absolute Gasteiger partial charge is 0.299 e. The summed E-state index contributed by atoms with van der Waals surface area (Å²) in [4.78, 5) is 25.5. The molecule has 0 N–H and O–H groups in total. The van der Waals surface area contributed by atoms with Crippen LogP contribution in [0.4, 0.5) is 5.69 Å². The summed E-state index contributed by atoms with van der Waals surface area (Å²) < 4.78 is 4.97. The van der Waals surface area contributed by atoms with Crippen LogP contribution in [0.15, 0.2) is 23.1 Å². The topological polar surface area (TPSA) is 46.6 Å². The number of thioether (sulfide) groups is 1. The first kappa shape index (κ1) is 12.1. The highest BCUT2D eigenvalue weighted by molar-refractivity contribution is 7.99. The van der Waals surface area contributed by atoms with Crippen molar-refractivity contribution in [1.82, 2.24) is 0 Å². The van der Waals surface area contributed by atoms with E-state index in [0.29, 0.717) is 17.9 Å². The number of ether oxygens (including phenoxy) is 1. The average Bonchev–Trinajstić information content (AvgIpc) is 2.55. The number of anilines is 1. The van der Waals surface area contributed by atoms with E-state index in [0.717, 1.165) is 10.6 Å². The van der Waals surface area contributed by atoms with Gasteiger partial charge in [-0.05, 0) is 18.2 Å². The number of carbonyl (C=O) groups excluding carboxylic acids is 2. The Bertz CT molecular complexity index is 473. The number of benzene rings is 1. The molecule has 0 bridgehead atoms. The molecule has 0 aromatic heterocycles. The maximum absolute atomic E-state index is 11.6. The van der Waals surface area contributed by atoms with Crippen LogP contribution in [0.1, 0.15) is 10.4 Å². The molecule has 17 heavy (non-hydrogen) atoms. The van der Waals surface area contributed by atoms with Gasteiger partial charge in [-0.25, -0.2) is 0 Å². The Hall–Kier alpha value is -1.33. The highest BCUT2D eigenvalue weighted by atomic mass is 32.2. The summed E-state index contributed by atoms with van der Waals surface area (Å²) in [6, 6.07) is 5.45. The zero-order valence-corrected chi connectivity index (χ0v) is 10.5. The predicted molar refractivity (Wildman–Crippen MR) is 66.8 cm³/mol. The van der Waals surface area contributed by atoms with Crippen LogP contribution in [0, 0.1) is 0 Å². The van der Waals surface area contributed by atoms with Crippen LogP contribution in [0.2, 0.25) is 0 Å². The van der Waals surface area contributed by atoms with Crippen LogP contribution in [-0.4, -0.2) is 38.2 Å². The van der Waals surface area contributed by atoms with Crippen LogP contribution in [0.25, 0.3) is 0 Å². The maximum atomic E-state index is 11.6. The SMILES string of the molecule is COCCSc1ccc2c(c1)N(C)C(=O)C2=O. The van der Waals surface area contributed by atoms with Gasteiger partial charge in [0.15, 0.2) is 0 Å². The monoisotopic (exact) mass is 251 g/mol. The Labute approximate surface area is 104 Å². The molecule has 2 rings (SSSR count). The van der Waals surface area contributed by atoms with Crippen LogP contribution in [-0.2, 0) is 9.53 Å². The van der Waals surface area contributed by atoms with Gasteiger partial charge in [0.05, 0.1) is 17.9 Å². The van der Waals surface area contributed by atoms with Crippen molar-refractivity contribution in [3.05, 3.63) is 23.8 Å². The molecule has 90 valence electrons. The van der Waals surface area contributed by atoms with Crippen LogP contribution in [0.5, 0.6) is 0 Å². The highest BCUT2D eigenvalue weighted by Gasteiger charge is 2.33. The van der Waals surface area contributed by atoms with Gasteiger partial charge in [0.2, 0.25) is 0 Å². The number of likely N-dealkylation sites (N-methyl/N-ethyl adjacent to an activating group) is 1. The van der Waals surface area contributed by atoms with Crippen molar-refractivity contribution < 1.29 is 14.3 Å². The van der Waals surface area contributed by atoms with Gasteiger partial charge in [-0.15, -0.1) is 11.8 Å². The van der Waals surface area contributed by atoms with Gasteiger partial charge in [0, 0.05) is 24.8 Å². The zero-order chi connectivity index (χ0) is 12.4. The quantitative estimate of drug-likeness (QED) is 0.463. The molecule has 0 fully saturated rings. The minimum absolute atomic E-state index is 0.420. The number of rotatable bonds is 4. The van der Waals surface area contributed by atoms with E-state index in [1.165, 1.54) is 4.90 Å². The first-order chi connectivity index (χ1) is 8.15. The van der Waals surface area contributed by atoms with Crippen molar-refractivity contribution in [2.24, 2.45) is 0 Å². The van der Waals surface area contributed by atoms with E-state index in [1.807, 2.05) is 12.1 Å². The second-order valence-electron chi connectivity index (χ2n) is 3.71. The van der Waals surface area contributed by atoms with Crippen LogP contribution < -0.4 is 4.90 Å². The largest absolute Gasteiger partial charge is 0.384 e. The van der Waals surface area contributed by atoms with E-state index in [2.05, 4.69) is 0 Å². The number of fused-ring (bicyclic) bond motifs is 1. The molecule has 0 saturated heterocycles. The van der Waals surface area contributed by atoms with Crippen LogP contribution in [0.3, 0.4) is 0 Å². The molecule has 1 heterocycles. The number of hydrogen-bond donors (Lipinski definition) is 0. The standard InChI is InChI=1S/C12H13NO3S/c1-13-10-7-8(17-6-5-16-2)3-4-9(10)11(14)12(13)15/h3-4,7H,5-6H2,1-2H3. The summed E-state index contributed by atoms with van der Waals surface area (Å²) in [5, 5.41) is 0. The maximum Gasteiger partial charge on any atom is 0.299 e. The number of amides is 1. The first-order valence-corrected chi connectivity index (χ1v) is 6.22. The summed E-state index contributed by atoms with van der Waals surface area (Å²) >= 11 is 1.64. The van der Waals surface area contributed by atoms with E-state index in [1.54, 1.807) is 32.0 Å². The van der Waals surface area contributed by atoms with Gasteiger partial charge in [-0.3, -0.25) is 9.59 Å². The molecule has 0 unspecified atom stereocenters. The molecule has 1 aliphatic heterocycles. The minimum atomic E-state index is -0.459. The summed E-state index contributed by atoms with van der Waals surface area (Å²) in [6.07, 6.45) is 0. The molecule has 4 nitrogen and oxygen atoms in total. The molecule has 5 heteroatoms. The van der Waals surface area contributed by atoms with Crippen molar-refractivity contribution in [2.45, 2.75) is 4.90 Å². The molecule has 0 aliphatic carbocycles. The molecule has 1 aromatic carbocycles. The lowest BCUT2D eigenvalue weighted by molar-refractivity contribution is -0.114. The summed E-state index contributed by atoms with van der Waals surface area (Å²) in [5.41, 5.74) is 1.19. The lowest BCUT2D eigenvalue weighted by Crippen LogP contribution is -2.24. The van der Waals surface area contributed by atoms with Crippen molar-refractivity contribution in [3.63, 3.8) is 0 Å². The normalized spacial score (nSPS) is 14.4. The number of ketones is 1. The fraction of sp³-hybridized carbons (Fsp3) is 0.333. The summed E-state index contributed by atoms with van der Waals surface area (Å²) in [5.74, 6) is -0.0315. The Morgan fingerprint density at radius 3 is 2.82 bits per heavy atom. The molecule has 0 spiro atoms. The average molecular weight is 251 g/mol. The molecule has 0 radical (unpaired) electrons. The fourth-order valence-electron chi connectivity index (χ4n) is 1.69. The van der Waals surface area contributed by atoms with E-state index in [-0.39, 0.29) is 0 Å². The Morgan fingerprint density at radius 1 is 1.35 bits per heavy atom. The van der Waals surface area contributed by atoms with Gasteiger partial charge in [-0.1, -0.05) is 0 Å². The van der Waals surface area contributed by atoms with E-state index in [9.17, 15) is 9.59 Å². The third kappa shape index (κ3) is 2.21. The Morgan fingerprint density at radius 2 is 2.12 bits per heavy atom. The molecular formula is C12H13NO3S. The van der Waals surface area contributed by atoms with Gasteiger partial charge in [0.25, 0.3) is 11.7 Å². The first-order valence-electron chi connectivity index (χ1n) is 5.23. The van der Waals surface area contributed by atoms with Gasteiger partial charge in [-0.2, -0.15) is 0 Å². The van der Waals surface area contributed by atoms with E-state index < -0.39 is 11.7 Å². The van der Waals surface area contributed by atoms with Crippen molar-refractivity contribution >= 4 is 29.1 Å². The van der Waals surface area contributed by atoms with Crippen molar-refractivity contribution in [1.29, 1.82) is 0 Å². The van der Waals surface area contributed by atoms with Gasteiger partial charge in [0.1, 0.15) is 0 Å². The minimum Gasteiger partial charge on any atom is -0.384 e. The predicted octanol–water partition coefficient (Wildman–Crippen LogP) is 1.58. The highest BCUT2D eigenvalue weighted by Crippen LogP contribution is 2.31. The molecule has 0 atom stereocenters. The van der Waals surface area contributed by atoms with Crippen LogP contribution >= 0.6 is 11.8 Å². The number of hydrogen-bond acceptors (Lipinski definition) is 4. The number of carbonyl (C=O) groups is 2. The summed E-state index contributed by atoms with van der Waals surface area (Å²) in [7, 11) is 3.28. The third-order valence-corrected chi connectivity index (χ3v) is 3.59. The lowest BCUT2D eigenvalue weighted by atomic mass is 10.1. The van der Waals surface area contributed by atoms with Gasteiger partial charge < -0.3 is 9.64 Å². The molecule has 1 amide bonds. The summed E-state index contributed by atoms with van der Waals surface area (Å²) in [6.45, 7) is 0.676. The lowest BCUT2D eigenvalue weighted by Gasteiger charge is -2.10. The molecule has 1 aliphatic rings. The van der Waals surface area contributed by atoms with E-state index in [4.69, 9.17) is 4.74 Å². The number of nitrogens with zero attached hydrogens (tertiary/aromatic N) is 1. The Balaban J connectivity index is 2.21. The fourth-order valence-corrected chi connectivity index (χ4v) is 2.54. The van der Waals surface area contributed by atoms with Crippen molar-refractivity contribution in [2.75, 3.05) is 31.4 Å². The number of Topliss-reactive ketones (excluding diaryl/α,β-unsaturated/α-hetero) is 1. The second kappa shape index (κ2) is 4.89. The third-order valence-electron chi connectivity index (χ3n) is 2.63. The van der Waals surface area contributed by atoms with Crippen molar-refractivity contribution in [3.8, 4) is 0 Å². The zero-order valence-electron chi connectivity index (χ0n) is 9.73.